The van der Waals surface area contributed by atoms with Crippen LogP contribution in [0, 0.1) is 0 Å². The van der Waals surface area contributed by atoms with Crippen molar-refractivity contribution >= 4 is 60.6 Å². The lowest BCUT2D eigenvalue weighted by atomic mass is 10.1. The largest absolute Gasteiger partial charge is 0.457 e. The molecule has 5 heteroatoms. The molecule has 0 N–H and O–H groups in total. The molecule has 0 radical (unpaired) electrons. The van der Waals surface area contributed by atoms with Gasteiger partial charge in [0, 0.05) is 27.3 Å². The maximum Gasteiger partial charge on any atom is 0.227 e. The lowest BCUT2D eigenvalue weighted by molar-refractivity contribution is 0.510. The number of hydrogen-bond donors (Lipinski definition) is 0. The van der Waals surface area contributed by atoms with Crippen LogP contribution in [0.4, 0.5) is 0 Å². The molecule has 0 aliphatic heterocycles. The molecule has 0 saturated carbocycles. The Bertz CT molecular complexity index is 2600. The molecule has 0 atom stereocenters. The SMILES string of the molecule is C=C(Oc1ccccc1CC)c1ccc2c(c1)c1cc(-c3nc4ccccc4o3)ccc1n2-c1cccc2oc3ccccc3c12. The van der Waals surface area contributed by atoms with Crippen LogP contribution in [0.15, 0.2) is 143 Å². The molecule has 220 valence electrons. The van der Waals surface area contributed by atoms with E-state index in [0.717, 1.165) is 89.4 Å². The Morgan fingerprint density at radius 3 is 2.30 bits per heavy atom. The van der Waals surface area contributed by atoms with E-state index in [-0.39, 0.29) is 0 Å². The van der Waals surface area contributed by atoms with E-state index >= 15 is 0 Å². The standard InChI is InChI=1S/C41H28N2O3/c1-3-26-11-4-7-15-36(26)44-25(2)27-19-21-33-30(23-27)31-24-28(41-42-32-13-6-9-17-38(32)46-41)20-22-34(31)43(33)35-14-10-18-39-40(35)29-12-5-8-16-37(29)45-39/h4-24H,2-3H2,1H3. The zero-order valence-corrected chi connectivity index (χ0v) is 25.2. The number of aryl methyl sites for hydroxylation is 1. The summed E-state index contributed by atoms with van der Waals surface area (Å²) < 4.78 is 21.2. The zero-order valence-electron chi connectivity index (χ0n) is 25.2. The van der Waals surface area contributed by atoms with Gasteiger partial charge in [-0.15, -0.1) is 0 Å². The topological polar surface area (TPSA) is 53.3 Å². The van der Waals surface area contributed by atoms with E-state index in [4.69, 9.17) is 18.6 Å². The highest BCUT2D eigenvalue weighted by molar-refractivity contribution is 6.15. The number of oxazole rings is 1. The van der Waals surface area contributed by atoms with E-state index in [1.54, 1.807) is 0 Å². The Kier molecular flexibility index (Phi) is 5.87. The predicted molar refractivity (Wildman–Crippen MR) is 187 cm³/mol. The number of benzene rings is 6. The molecule has 9 aromatic rings. The number of furan rings is 1. The van der Waals surface area contributed by atoms with Gasteiger partial charge >= 0.3 is 0 Å². The summed E-state index contributed by atoms with van der Waals surface area (Å²) in [5.41, 5.74) is 9.46. The van der Waals surface area contributed by atoms with Gasteiger partial charge in [0.1, 0.15) is 28.2 Å². The lowest BCUT2D eigenvalue weighted by Gasteiger charge is -2.13. The summed E-state index contributed by atoms with van der Waals surface area (Å²) in [6, 6.07) is 43.3. The van der Waals surface area contributed by atoms with E-state index < -0.39 is 0 Å². The number of nitrogens with zero attached hydrogens (tertiary/aromatic N) is 2. The molecule has 0 aliphatic carbocycles. The summed E-state index contributed by atoms with van der Waals surface area (Å²) in [4.78, 5) is 4.79. The second kappa shape index (κ2) is 10.2. The van der Waals surface area contributed by atoms with Crippen molar-refractivity contribution in [3.63, 3.8) is 0 Å². The van der Waals surface area contributed by atoms with Gasteiger partial charge in [-0.25, -0.2) is 4.98 Å². The van der Waals surface area contributed by atoms with Gasteiger partial charge in [0.05, 0.1) is 22.1 Å². The van der Waals surface area contributed by atoms with Crippen LogP contribution >= 0.6 is 0 Å². The molecule has 0 bridgehead atoms. The van der Waals surface area contributed by atoms with Crippen LogP contribution in [-0.4, -0.2) is 9.55 Å². The Morgan fingerprint density at radius 1 is 0.696 bits per heavy atom. The highest BCUT2D eigenvalue weighted by Gasteiger charge is 2.20. The highest BCUT2D eigenvalue weighted by atomic mass is 16.5. The molecule has 0 aliphatic rings. The molecule has 46 heavy (non-hydrogen) atoms. The normalized spacial score (nSPS) is 11.8. The number of fused-ring (bicyclic) bond motifs is 7. The van der Waals surface area contributed by atoms with Crippen molar-refractivity contribution in [1.82, 2.24) is 9.55 Å². The second-order valence-corrected chi connectivity index (χ2v) is 11.5. The third kappa shape index (κ3) is 4.06. The fourth-order valence-corrected chi connectivity index (χ4v) is 6.61. The summed E-state index contributed by atoms with van der Waals surface area (Å²) >= 11 is 0. The molecule has 3 heterocycles. The highest BCUT2D eigenvalue weighted by Crippen LogP contribution is 2.40. The van der Waals surface area contributed by atoms with Crippen LogP contribution in [0.5, 0.6) is 5.75 Å². The third-order valence-electron chi connectivity index (χ3n) is 8.84. The van der Waals surface area contributed by atoms with Crippen molar-refractivity contribution in [2.45, 2.75) is 13.3 Å². The van der Waals surface area contributed by atoms with Crippen LogP contribution < -0.4 is 4.74 Å². The second-order valence-electron chi connectivity index (χ2n) is 11.5. The van der Waals surface area contributed by atoms with Gasteiger partial charge in [0.2, 0.25) is 5.89 Å². The fourth-order valence-electron chi connectivity index (χ4n) is 6.61. The van der Waals surface area contributed by atoms with Crippen molar-refractivity contribution in [2.75, 3.05) is 0 Å². The van der Waals surface area contributed by atoms with Gasteiger partial charge in [-0.2, -0.15) is 0 Å². The number of para-hydroxylation sites is 4. The van der Waals surface area contributed by atoms with Crippen LogP contribution in [0.2, 0.25) is 0 Å². The minimum absolute atomic E-state index is 0.590. The number of aromatic nitrogens is 2. The third-order valence-corrected chi connectivity index (χ3v) is 8.84. The minimum Gasteiger partial charge on any atom is -0.457 e. The van der Waals surface area contributed by atoms with E-state index in [2.05, 4.69) is 84.8 Å². The first-order valence-electron chi connectivity index (χ1n) is 15.5. The Morgan fingerprint density at radius 2 is 1.43 bits per heavy atom. The van der Waals surface area contributed by atoms with Crippen LogP contribution in [0.25, 0.3) is 77.7 Å². The van der Waals surface area contributed by atoms with Crippen molar-refractivity contribution in [2.24, 2.45) is 0 Å². The predicted octanol–water partition coefficient (Wildman–Crippen LogP) is 11.1. The minimum atomic E-state index is 0.590. The van der Waals surface area contributed by atoms with Gasteiger partial charge in [-0.1, -0.05) is 68.1 Å². The first kappa shape index (κ1) is 26.3. The smallest absolute Gasteiger partial charge is 0.227 e. The van der Waals surface area contributed by atoms with E-state index in [1.165, 1.54) is 0 Å². The van der Waals surface area contributed by atoms with Gasteiger partial charge in [-0.3, -0.25) is 0 Å². The van der Waals surface area contributed by atoms with Crippen LogP contribution in [-0.2, 0) is 6.42 Å². The summed E-state index contributed by atoms with van der Waals surface area (Å²) in [7, 11) is 0. The van der Waals surface area contributed by atoms with E-state index in [9.17, 15) is 0 Å². The molecular weight excluding hydrogens is 568 g/mol. The molecular formula is C41H28N2O3. The summed E-state index contributed by atoms with van der Waals surface area (Å²) in [6.07, 6.45) is 0.878. The summed E-state index contributed by atoms with van der Waals surface area (Å²) in [6.45, 7) is 6.47. The van der Waals surface area contributed by atoms with Crippen molar-refractivity contribution in [3.05, 3.63) is 145 Å². The van der Waals surface area contributed by atoms with Gasteiger partial charge < -0.3 is 18.1 Å². The molecule has 0 fully saturated rings. The van der Waals surface area contributed by atoms with Gasteiger partial charge in [0.25, 0.3) is 0 Å². The van der Waals surface area contributed by atoms with Crippen LogP contribution in [0.1, 0.15) is 18.1 Å². The Hall–Kier alpha value is -6.07. The average molecular weight is 597 g/mol. The van der Waals surface area contributed by atoms with Crippen molar-refractivity contribution < 1.29 is 13.6 Å². The molecule has 5 nitrogen and oxygen atoms in total. The average Bonchev–Trinajstić information content (AvgIpc) is 3.79. The number of rotatable bonds is 6. The maximum atomic E-state index is 6.36. The Balaban J connectivity index is 1.28. The number of hydrogen-bond acceptors (Lipinski definition) is 4. The van der Waals surface area contributed by atoms with Gasteiger partial charge in [-0.05, 0) is 84.8 Å². The molecule has 9 rings (SSSR count). The van der Waals surface area contributed by atoms with E-state index in [1.807, 2.05) is 60.7 Å². The Labute approximate surface area is 264 Å². The first-order chi connectivity index (χ1) is 22.7. The molecule has 6 aromatic carbocycles. The zero-order chi connectivity index (χ0) is 30.8. The number of ether oxygens (including phenoxy) is 1. The van der Waals surface area contributed by atoms with Crippen molar-refractivity contribution in [3.8, 4) is 22.9 Å². The summed E-state index contributed by atoms with van der Waals surface area (Å²) in [5.74, 6) is 2.02. The molecule has 0 amide bonds. The first-order valence-corrected chi connectivity index (χ1v) is 15.5. The quantitative estimate of drug-likeness (QED) is 0.179. The van der Waals surface area contributed by atoms with E-state index in [0.29, 0.717) is 11.6 Å². The molecule has 0 saturated heterocycles. The molecule has 3 aromatic heterocycles. The monoisotopic (exact) mass is 596 g/mol. The summed E-state index contributed by atoms with van der Waals surface area (Å²) in [5, 5.41) is 4.30. The molecule has 0 unspecified atom stereocenters. The maximum absolute atomic E-state index is 6.36. The molecule has 0 spiro atoms. The van der Waals surface area contributed by atoms with Crippen LogP contribution in [0.3, 0.4) is 0 Å². The van der Waals surface area contributed by atoms with Gasteiger partial charge in [0.15, 0.2) is 5.58 Å². The fraction of sp³-hybridized carbons (Fsp3) is 0.0488. The van der Waals surface area contributed by atoms with Crippen molar-refractivity contribution in [1.29, 1.82) is 0 Å². The lowest BCUT2D eigenvalue weighted by Crippen LogP contribution is -1.97.